The average molecular weight is 371 g/mol. The monoisotopic (exact) mass is 371 g/mol. The Bertz CT molecular complexity index is 907. The standard InChI is InChI=1S/C18H21N5O2S/c1-14-12-20(13-15-6-3-2-4-7-15)8-5-9-21(14)16-17(23(24)25)22-10-11-26-18(22)19-16/h2-4,6-7,10-11,14H,5,8-9,12-13H2,1H3. The van der Waals surface area contributed by atoms with Crippen molar-refractivity contribution in [2.75, 3.05) is 24.5 Å². The van der Waals surface area contributed by atoms with E-state index in [1.807, 2.05) is 11.4 Å². The number of anilines is 1. The van der Waals surface area contributed by atoms with Crippen LogP contribution in [0, 0.1) is 10.1 Å². The van der Waals surface area contributed by atoms with Gasteiger partial charge in [-0.05, 0) is 23.8 Å². The number of nitrogens with zero attached hydrogens (tertiary/aromatic N) is 5. The quantitative estimate of drug-likeness (QED) is 0.519. The zero-order valence-corrected chi connectivity index (χ0v) is 15.4. The lowest BCUT2D eigenvalue weighted by Crippen LogP contribution is -2.39. The van der Waals surface area contributed by atoms with Crippen LogP contribution in [0.15, 0.2) is 41.9 Å². The Kier molecular flexibility index (Phi) is 4.60. The summed E-state index contributed by atoms with van der Waals surface area (Å²) in [7, 11) is 0. The fourth-order valence-corrected chi connectivity index (χ4v) is 4.38. The van der Waals surface area contributed by atoms with Gasteiger partial charge in [-0.25, -0.2) is 0 Å². The van der Waals surface area contributed by atoms with Crippen LogP contribution in [0.4, 0.5) is 11.6 Å². The second-order valence-corrected chi connectivity index (χ2v) is 7.56. The number of hydrogen-bond acceptors (Lipinski definition) is 6. The average Bonchev–Trinajstić information content (AvgIpc) is 3.14. The third kappa shape index (κ3) is 3.17. The second kappa shape index (κ2) is 7.05. The summed E-state index contributed by atoms with van der Waals surface area (Å²) in [6, 6.07) is 10.6. The molecule has 1 aliphatic rings. The molecule has 1 aromatic carbocycles. The lowest BCUT2D eigenvalue weighted by molar-refractivity contribution is -0.389. The molecule has 26 heavy (non-hydrogen) atoms. The summed E-state index contributed by atoms with van der Waals surface area (Å²) in [5.41, 5.74) is 1.29. The first-order chi connectivity index (χ1) is 12.6. The molecular formula is C18H21N5O2S. The number of benzene rings is 1. The molecule has 136 valence electrons. The number of nitro groups is 1. The Morgan fingerprint density at radius 1 is 1.31 bits per heavy atom. The molecule has 1 aliphatic heterocycles. The van der Waals surface area contributed by atoms with Gasteiger partial charge in [0, 0.05) is 37.6 Å². The third-order valence-electron chi connectivity index (χ3n) is 4.84. The number of hydrogen-bond donors (Lipinski definition) is 0. The van der Waals surface area contributed by atoms with E-state index < -0.39 is 0 Å². The van der Waals surface area contributed by atoms with Crippen molar-refractivity contribution in [3.8, 4) is 0 Å². The minimum absolute atomic E-state index is 0.0737. The van der Waals surface area contributed by atoms with Crippen LogP contribution in [0.1, 0.15) is 18.9 Å². The van der Waals surface area contributed by atoms with Crippen LogP contribution < -0.4 is 4.90 Å². The molecular weight excluding hydrogens is 350 g/mol. The van der Waals surface area contributed by atoms with Crippen molar-refractivity contribution in [3.05, 3.63) is 57.6 Å². The molecule has 0 radical (unpaired) electrons. The van der Waals surface area contributed by atoms with Crippen molar-refractivity contribution >= 4 is 27.9 Å². The van der Waals surface area contributed by atoms with Crippen molar-refractivity contribution in [2.24, 2.45) is 0 Å². The van der Waals surface area contributed by atoms with Crippen molar-refractivity contribution < 1.29 is 4.92 Å². The van der Waals surface area contributed by atoms with Crippen molar-refractivity contribution in [3.63, 3.8) is 0 Å². The molecule has 8 heteroatoms. The van der Waals surface area contributed by atoms with E-state index in [4.69, 9.17) is 0 Å². The summed E-state index contributed by atoms with van der Waals surface area (Å²) >= 11 is 1.42. The van der Waals surface area contributed by atoms with Gasteiger partial charge >= 0.3 is 5.82 Å². The van der Waals surface area contributed by atoms with Gasteiger partial charge in [-0.2, -0.15) is 9.38 Å². The molecule has 4 rings (SSSR count). The number of fused-ring (bicyclic) bond motifs is 1. The molecule has 0 saturated carbocycles. The van der Waals surface area contributed by atoms with Crippen LogP contribution in [0.3, 0.4) is 0 Å². The first-order valence-corrected chi connectivity index (χ1v) is 9.64. The van der Waals surface area contributed by atoms with E-state index in [1.54, 1.807) is 10.6 Å². The van der Waals surface area contributed by atoms with Crippen molar-refractivity contribution in [1.82, 2.24) is 14.3 Å². The number of thiazole rings is 1. The molecule has 0 bridgehead atoms. The Hall–Kier alpha value is -2.45. The van der Waals surface area contributed by atoms with E-state index in [1.165, 1.54) is 16.9 Å². The molecule has 0 spiro atoms. The highest BCUT2D eigenvalue weighted by molar-refractivity contribution is 7.15. The van der Waals surface area contributed by atoms with Crippen LogP contribution in [0.25, 0.3) is 4.96 Å². The number of aromatic nitrogens is 2. The molecule has 0 aliphatic carbocycles. The maximum absolute atomic E-state index is 11.6. The fourth-order valence-electron chi connectivity index (χ4n) is 3.67. The third-order valence-corrected chi connectivity index (χ3v) is 5.60. The van der Waals surface area contributed by atoms with Crippen LogP contribution in [0.5, 0.6) is 0 Å². The summed E-state index contributed by atoms with van der Waals surface area (Å²) in [5, 5.41) is 13.5. The molecule has 1 saturated heterocycles. The van der Waals surface area contributed by atoms with Gasteiger partial charge in [-0.3, -0.25) is 4.90 Å². The summed E-state index contributed by atoms with van der Waals surface area (Å²) in [6.45, 7) is 5.64. The summed E-state index contributed by atoms with van der Waals surface area (Å²) in [5.74, 6) is 0.570. The normalized spacial score (nSPS) is 19.0. The van der Waals surface area contributed by atoms with Gasteiger partial charge in [0.05, 0.1) is 0 Å². The summed E-state index contributed by atoms with van der Waals surface area (Å²) < 4.78 is 1.58. The van der Waals surface area contributed by atoms with Gasteiger partial charge < -0.3 is 15.0 Å². The lowest BCUT2D eigenvalue weighted by atomic mass is 10.2. The van der Waals surface area contributed by atoms with E-state index in [-0.39, 0.29) is 16.8 Å². The van der Waals surface area contributed by atoms with E-state index in [0.29, 0.717) is 10.8 Å². The maximum atomic E-state index is 11.6. The van der Waals surface area contributed by atoms with Gasteiger partial charge in [0.1, 0.15) is 6.20 Å². The SMILES string of the molecule is CC1CN(Cc2ccccc2)CCCN1c1nc2sccn2c1[N+](=O)[O-]. The van der Waals surface area contributed by atoms with Crippen LogP contribution in [-0.4, -0.2) is 44.9 Å². The molecule has 3 heterocycles. The van der Waals surface area contributed by atoms with Gasteiger partial charge in [0.2, 0.25) is 5.82 Å². The van der Waals surface area contributed by atoms with E-state index in [9.17, 15) is 10.1 Å². The molecule has 1 unspecified atom stereocenters. The van der Waals surface area contributed by atoms with Gasteiger partial charge in [0.25, 0.3) is 4.96 Å². The zero-order valence-electron chi connectivity index (χ0n) is 14.6. The second-order valence-electron chi connectivity index (χ2n) is 6.69. The Morgan fingerprint density at radius 2 is 2.12 bits per heavy atom. The fraction of sp³-hybridized carbons (Fsp3) is 0.389. The summed E-state index contributed by atoms with van der Waals surface area (Å²) in [6.07, 6.45) is 2.68. The van der Waals surface area contributed by atoms with Crippen molar-refractivity contribution in [2.45, 2.75) is 25.9 Å². The zero-order chi connectivity index (χ0) is 18.1. The minimum Gasteiger partial charge on any atom is -0.358 e. The topological polar surface area (TPSA) is 66.9 Å². The van der Waals surface area contributed by atoms with Gasteiger partial charge in [-0.15, -0.1) is 0 Å². The first kappa shape index (κ1) is 17.0. The molecule has 0 amide bonds. The lowest BCUT2D eigenvalue weighted by Gasteiger charge is -2.28. The minimum atomic E-state index is -0.318. The molecule has 3 aromatic rings. The Labute approximate surface area is 155 Å². The van der Waals surface area contributed by atoms with E-state index in [0.717, 1.165) is 32.6 Å². The van der Waals surface area contributed by atoms with Gasteiger partial charge in [-0.1, -0.05) is 41.7 Å². The van der Waals surface area contributed by atoms with E-state index >= 15 is 0 Å². The Balaban J connectivity index is 1.58. The molecule has 2 aromatic heterocycles. The number of rotatable bonds is 4. The van der Waals surface area contributed by atoms with E-state index in [2.05, 4.69) is 46.0 Å². The highest BCUT2D eigenvalue weighted by Gasteiger charge is 2.32. The smallest absolute Gasteiger partial charge is 0.358 e. The molecule has 1 fully saturated rings. The number of imidazole rings is 1. The van der Waals surface area contributed by atoms with Crippen molar-refractivity contribution in [1.29, 1.82) is 0 Å². The first-order valence-electron chi connectivity index (χ1n) is 8.76. The van der Waals surface area contributed by atoms with Crippen LogP contribution in [0.2, 0.25) is 0 Å². The molecule has 7 nitrogen and oxygen atoms in total. The molecule has 1 atom stereocenters. The van der Waals surface area contributed by atoms with Crippen LogP contribution in [-0.2, 0) is 6.54 Å². The molecule has 0 N–H and O–H groups in total. The predicted molar refractivity (Wildman–Crippen MR) is 103 cm³/mol. The predicted octanol–water partition coefficient (Wildman–Crippen LogP) is 3.40. The maximum Gasteiger partial charge on any atom is 0.373 e. The van der Waals surface area contributed by atoms with Gasteiger partial charge in [0.15, 0.2) is 0 Å². The highest BCUT2D eigenvalue weighted by Crippen LogP contribution is 2.33. The largest absolute Gasteiger partial charge is 0.373 e. The highest BCUT2D eigenvalue weighted by atomic mass is 32.1. The van der Waals surface area contributed by atoms with Crippen LogP contribution >= 0.6 is 11.3 Å². The Morgan fingerprint density at radius 3 is 2.88 bits per heavy atom. The summed E-state index contributed by atoms with van der Waals surface area (Å²) in [4.78, 5) is 21.1.